The van der Waals surface area contributed by atoms with Crippen molar-refractivity contribution in [3.05, 3.63) is 71.8 Å². The molecule has 0 unspecified atom stereocenters. The average molecular weight is 406 g/mol. The first-order valence-electron chi connectivity index (χ1n) is 9.69. The number of fused-ring (bicyclic) bond motifs is 1. The second-order valence-corrected chi connectivity index (χ2v) is 7.91. The van der Waals surface area contributed by atoms with Crippen molar-refractivity contribution in [3.8, 4) is 0 Å². The standard InChI is InChI=1S/C24H26N2O4/c1-24(2,3)30-23(28)26-21-14-18(22(27)29-4)9-10-19(21)15-25-20-12-11-16-7-5-6-8-17(16)13-20/h5-14,25H,15H2,1-4H3,(H,26,28). The molecule has 0 radical (unpaired) electrons. The van der Waals surface area contributed by atoms with Crippen molar-refractivity contribution in [2.24, 2.45) is 0 Å². The van der Waals surface area contributed by atoms with Crippen molar-refractivity contribution in [2.75, 3.05) is 17.7 Å². The summed E-state index contributed by atoms with van der Waals surface area (Å²) in [7, 11) is 1.32. The number of rotatable bonds is 5. The number of benzene rings is 3. The summed E-state index contributed by atoms with van der Waals surface area (Å²) >= 11 is 0. The number of esters is 1. The van der Waals surface area contributed by atoms with Crippen molar-refractivity contribution in [1.82, 2.24) is 0 Å². The fourth-order valence-corrected chi connectivity index (χ4v) is 3.00. The maximum Gasteiger partial charge on any atom is 0.412 e. The van der Waals surface area contributed by atoms with Crippen LogP contribution in [0.4, 0.5) is 16.2 Å². The second-order valence-electron chi connectivity index (χ2n) is 7.91. The number of amides is 1. The van der Waals surface area contributed by atoms with Gasteiger partial charge in [-0.3, -0.25) is 5.32 Å². The van der Waals surface area contributed by atoms with E-state index in [1.807, 2.05) is 18.2 Å². The van der Waals surface area contributed by atoms with Gasteiger partial charge in [-0.15, -0.1) is 0 Å². The molecule has 0 atom stereocenters. The first-order chi connectivity index (χ1) is 14.2. The third-order valence-electron chi connectivity index (χ3n) is 4.40. The highest BCUT2D eigenvalue weighted by Gasteiger charge is 2.18. The maximum absolute atomic E-state index is 12.3. The first-order valence-corrected chi connectivity index (χ1v) is 9.69. The topological polar surface area (TPSA) is 76.7 Å². The van der Waals surface area contributed by atoms with Crippen LogP contribution in [0.25, 0.3) is 10.8 Å². The van der Waals surface area contributed by atoms with Crippen LogP contribution in [-0.2, 0) is 16.0 Å². The van der Waals surface area contributed by atoms with Gasteiger partial charge in [0.05, 0.1) is 12.7 Å². The predicted octanol–water partition coefficient (Wildman–Crippen LogP) is 5.59. The molecule has 0 fully saturated rings. The molecular formula is C24H26N2O4. The van der Waals surface area contributed by atoms with Crippen molar-refractivity contribution >= 4 is 34.2 Å². The van der Waals surface area contributed by atoms with Crippen LogP contribution in [0, 0.1) is 0 Å². The molecule has 6 nitrogen and oxygen atoms in total. The van der Waals surface area contributed by atoms with Gasteiger partial charge in [-0.2, -0.15) is 0 Å². The highest BCUT2D eigenvalue weighted by atomic mass is 16.6. The van der Waals surface area contributed by atoms with Crippen LogP contribution in [0.15, 0.2) is 60.7 Å². The molecule has 3 rings (SSSR count). The largest absolute Gasteiger partial charge is 0.465 e. The zero-order valence-electron chi connectivity index (χ0n) is 17.6. The number of carbonyl (C=O) groups excluding carboxylic acids is 2. The smallest absolute Gasteiger partial charge is 0.412 e. The van der Waals surface area contributed by atoms with Crippen LogP contribution in [0.2, 0.25) is 0 Å². The minimum absolute atomic E-state index is 0.345. The Labute approximate surface area is 176 Å². The van der Waals surface area contributed by atoms with Gasteiger partial charge in [0.1, 0.15) is 5.60 Å². The fourth-order valence-electron chi connectivity index (χ4n) is 3.00. The molecule has 0 saturated heterocycles. The molecule has 3 aromatic rings. The maximum atomic E-state index is 12.3. The Morgan fingerprint density at radius 1 is 0.933 bits per heavy atom. The Balaban J connectivity index is 1.82. The molecule has 0 aliphatic heterocycles. The Hall–Kier alpha value is -3.54. The Bertz CT molecular complexity index is 1070. The Morgan fingerprint density at radius 3 is 2.37 bits per heavy atom. The molecule has 0 aliphatic carbocycles. The van der Waals surface area contributed by atoms with Crippen molar-refractivity contribution in [1.29, 1.82) is 0 Å². The molecule has 0 saturated carbocycles. The monoisotopic (exact) mass is 406 g/mol. The molecule has 0 spiro atoms. The summed E-state index contributed by atoms with van der Waals surface area (Å²) in [6.45, 7) is 5.82. The van der Waals surface area contributed by atoms with Gasteiger partial charge >= 0.3 is 12.1 Å². The normalized spacial score (nSPS) is 11.1. The molecule has 2 N–H and O–H groups in total. The van der Waals surface area contributed by atoms with E-state index in [0.717, 1.165) is 22.0 Å². The van der Waals surface area contributed by atoms with E-state index in [1.165, 1.54) is 7.11 Å². The lowest BCUT2D eigenvalue weighted by molar-refractivity contribution is 0.0596. The molecule has 0 heterocycles. The van der Waals surface area contributed by atoms with Crippen LogP contribution >= 0.6 is 0 Å². The summed E-state index contributed by atoms with van der Waals surface area (Å²) in [5.74, 6) is -0.476. The van der Waals surface area contributed by atoms with Crippen LogP contribution in [-0.4, -0.2) is 24.8 Å². The molecule has 1 amide bonds. The number of nitrogens with one attached hydrogen (secondary N) is 2. The third kappa shape index (κ3) is 5.50. The van der Waals surface area contributed by atoms with Gasteiger partial charge in [0.15, 0.2) is 0 Å². The minimum atomic E-state index is -0.631. The molecular weight excluding hydrogens is 380 g/mol. The first kappa shape index (κ1) is 21.2. The highest BCUT2D eigenvalue weighted by Crippen LogP contribution is 2.23. The van der Waals surface area contributed by atoms with E-state index in [9.17, 15) is 9.59 Å². The number of ether oxygens (including phenoxy) is 2. The Kier molecular flexibility index (Phi) is 6.26. The summed E-state index contributed by atoms with van der Waals surface area (Å²) in [6.07, 6.45) is -0.587. The van der Waals surface area contributed by atoms with Crippen LogP contribution in [0.5, 0.6) is 0 Å². The average Bonchev–Trinajstić information content (AvgIpc) is 2.70. The molecule has 156 valence electrons. The highest BCUT2D eigenvalue weighted by molar-refractivity contribution is 5.93. The van der Waals surface area contributed by atoms with E-state index in [2.05, 4.69) is 34.9 Å². The Morgan fingerprint density at radius 2 is 1.67 bits per heavy atom. The molecule has 0 aromatic heterocycles. The molecule has 0 aliphatic rings. The van der Waals surface area contributed by atoms with Gasteiger partial charge in [0, 0.05) is 17.9 Å². The van der Waals surface area contributed by atoms with E-state index < -0.39 is 17.7 Å². The van der Waals surface area contributed by atoms with Crippen molar-refractivity contribution in [3.63, 3.8) is 0 Å². The zero-order chi connectivity index (χ0) is 21.7. The summed E-state index contributed by atoms with van der Waals surface area (Å²) < 4.78 is 10.1. The van der Waals surface area contributed by atoms with Gasteiger partial charge in [0.25, 0.3) is 0 Å². The van der Waals surface area contributed by atoms with Gasteiger partial charge in [-0.1, -0.05) is 36.4 Å². The lowest BCUT2D eigenvalue weighted by atomic mass is 10.1. The molecule has 0 bridgehead atoms. The van der Waals surface area contributed by atoms with E-state index >= 15 is 0 Å². The number of hydrogen-bond donors (Lipinski definition) is 2. The van der Waals surface area contributed by atoms with E-state index in [4.69, 9.17) is 9.47 Å². The zero-order valence-corrected chi connectivity index (χ0v) is 17.6. The number of methoxy groups -OCH3 is 1. The number of hydrogen-bond acceptors (Lipinski definition) is 5. The van der Waals surface area contributed by atoms with E-state index in [1.54, 1.807) is 39.0 Å². The lowest BCUT2D eigenvalue weighted by Gasteiger charge is -2.21. The lowest BCUT2D eigenvalue weighted by Crippen LogP contribution is -2.27. The second kappa shape index (κ2) is 8.86. The van der Waals surface area contributed by atoms with Crippen molar-refractivity contribution < 1.29 is 19.1 Å². The van der Waals surface area contributed by atoms with Gasteiger partial charge < -0.3 is 14.8 Å². The van der Waals surface area contributed by atoms with Gasteiger partial charge in [-0.05, 0) is 61.4 Å². The van der Waals surface area contributed by atoms with Crippen LogP contribution in [0.3, 0.4) is 0 Å². The van der Waals surface area contributed by atoms with Crippen LogP contribution in [0.1, 0.15) is 36.7 Å². The predicted molar refractivity (Wildman–Crippen MR) is 119 cm³/mol. The summed E-state index contributed by atoms with van der Waals surface area (Å²) in [4.78, 5) is 24.2. The van der Waals surface area contributed by atoms with E-state index in [0.29, 0.717) is 17.8 Å². The summed E-state index contributed by atoms with van der Waals surface area (Å²) in [5.41, 5.74) is 1.96. The van der Waals surface area contributed by atoms with Crippen LogP contribution < -0.4 is 10.6 Å². The number of anilines is 2. The quantitative estimate of drug-likeness (QED) is 0.541. The molecule has 30 heavy (non-hydrogen) atoms. The third-order valence-corrected chi connectivity index (χ3v) is 4.40. The fraction of sp³-hybridized carbons (Fsp3) is 0.250. The van der Waals surface area contributed by atoms with Gasteiger partial charge in [-0.25, -0.2) is 9.59 Å². The van der Waals surface area contributed by atoms with Crippen molar-refractivity contribution in [2.45, 2.75) is 32.9 Å². The summed E-state index contributed by atoms with van der Waals surface area (Å²) in [6, 6.07) is 19.3. The molecule has 3 aromatic carbocycles. The number of carbonyl (C=O) groups is 2. The minimum Gasteiger partial charge on any atom is -0.465 e. The SMILES string of the molecule is COC(=O)c1ccc(CNc2ccc3ccccc3c2)c(NC(=O)OC(C)(C)C)c1. The van der Waals surface area contributed by atoms with Gasteiger partial charge in [0.2, 0.25) is 0 Å². The molecule has 6 heteroatoms. The van der Waals surface area contributed by atoms with E-state index in [-0.39, 0.29) is 0 Å². The summed E-state index contributed by atoms with van der Waals surface area (Å²) in [5, 5.41) is 8.41.